The molecule has 0 saturated heterocycles. The summed E-state index contributed by atoms with van der Waals surface area (Å²) >= 11 is 0. The first-order chi connectivity index (χ1) is 15.2. The van der Waals surface area contributed by atoms with E-state index in [9.17, 15) is 18.0 Å². The van der Waals surface area contributed by atoms with Crippen LogP contribution in [0, 0.1) is 13.8 Å². The average molecular weight is 454 g/mol. The molecule has 0 aromatic heterocycles. The minimum Gasteiger partial charge on any atom is -0.495 e. The molecule has 3 aromatic rings. The van der Waals surface area contributed by atoms with E-state index in [0.29, 0.717) is 16.9 Å². The highest BCUT2D eigenvalue weighted by Gasteiger charge is 2.21. The van der Waals surface area contributed by atoms with Crippen molar-refractivity contribution in [3.63, 3.8) is 0 Å². The van der Waals surface area contributed by atoms with Crippen molar-refractivity contribution in [3.05, 3.63) is 89.0 Å². The third-order valence-corrected chi connectivity index (χ3v) is 6.28. The second kappa shape index (κ2) is 9.52. The van der Waals surface area contributed by atoms with Crippen LogP contribution in [0.5, 0.6) is 5.75 Å². The van der Waals surface area contributed by atoms with Gasteiger partial charge in [0.15, 0.2) is 0 Å². The summed E-state index contributed by atoms with van der Waals surface area (Å²) in [4.78, 5) is 24.8. The van der Waals surface area contributed by atoms with Crippen LogP contribution in [-0.2, 0) is 10.0 Å². The highest BCUT2D eigenvalue weighted by Crippen LogP contribution is 2.27. The second-order valence-electron chi connectivity index (χ2n) is 7.01. The number of sulfonamides is 1. The van der Waals surface area contributed by atoms with Crippen LogP contribution in [0.3, 0.4) is 0 Å². The maximum Gasteiger partial charge on any atom is 0.269 e. The Morgan fingerprint density at radius 3 is 2.19 bits per heavy atom. The van der Waals surface area contributed by atoms with Crippen LogP contribution in [0.25, 0.3) is 0 Å². The summed E-state index contributed by atoms with van der Waals surface area (Å²) in [6, 6.07) is 17.8. The van der Waals surface area contributed by atoms with E-state index in [4.69, 9.17) is 4.74 Å². The Kier molecular flexibility index (Phi) is 6.79. The van der Waals surface area contributed by atoms with E-state index in [1.807, 2.05) is 0 Å². The number of para-hydroxylation sites is 2. The molecule has 0 unspecified atom stereocenters. The Bertz CT molecular complexity index is 1270. The van der Waals surface area contributed by atoms with Gasteiger partial charge in [-0.05, 0) is 55.3 Å². The number of hydrogen-bond acceptors (Lipinski definition) is 5. The third kappa shape index (κ3) is 5.06. The summed E-state index contributed by atoms with van der Waals surface area (Å²) in [5.41, 5.74) is 6.63. The van der Waals surface area contributed by atoms with E-state index < -0.39 is 21.8 Å². The number of methoxy groups -OCH3 is 1. The largest absolute Gasteiger partial charge is 0.495 e. The Balaban J connectivity index is 1.79. The number of aryl methyl sites for hydroxylation is 2. The second-order valence-corrected chi connectivity index (χ2v) is 8.66. The van der Waals surface area contributed by atoms with Crippen LogP contribution in [0.1, 0.15) is 31.8 Å². The molecule has 2 amide bonds. The van der Waals surface area contributed by atoms with Crippen LogP contribution >= 0.6 is 0 Å². The molecule has 0 heterocycles. The summed E-state index contributed by atoms with van der Waals surface area (Å²) in [7, 11) is -2.57. The smallest absolute Gasteiger partial charge is 0.269 e. The van der Waals surface area contributed by atoms with E-state index in [0.717, 1.165) is 5.56 Å². The van der Waals surface area contributed by atoms with E-state index in [1.165, 1.54) is 25.3 Å². The standard InChI is InChI=1S/C23H23N3O5S/c1-15-8-4-5-9-18(15)23(28)25-24-22(27)17-13-12-16(2)21(14-17)32(29,30)26-19-10-6-7-11-20(19)31-3/h4-14,26H,1-3H3,(H,24,27)(H,25,28). The Hall–Kier alpha value is -3.85. The molecule has 0 saturated carbocycles. The summed E-state index contributed by atoms with van der Waals surface area (Å²) in [6.07, 6.45) is 0. The third-order valence-electron chi connectivity index (χ3n) is 4.77. The first-order valence-electron chi connectivity index (χ1n) is 9.65. The van der Waals surface area contributed by atoms with Gasteiger partial charge in [0, 0.05) is 11.1 Å². The quantitative estimate of drug-likeness (QED) is 0.496. The minimum atomic E-state index is -4.01. The lowest BCUT2D eigenvalue weighted by molar-refractivity contribution is 0.0846. The molecule has 0 aliphatic rings. The normalized spacial score (nSPS) is 10.8. The van der Waals surface area contributed by atoms with Gasteiger partial charge in [-0.1, -0.05) is 36.4 Å². The molecule has 0 aliphatic heterocycles. The van der Waals surface area contributed by atoms with Crippen LogP contribution in [0.2, 0.25) is 0 Å². The van der Waals surface area contributed by atoms with E-state index in [1.54, 1.807) is 62.4 Å². The van der Waals surface area contributed by atoms with Crippen LogP contribution in [0.4, 0.5) is 5.69 Å². The number of anilines is 1. The first kappa shape index (κ1) is 22.8. The molecule has 32 heavy (non-hydrogen) atoms. The number of hydrogen-bond donors (Lipinski definition) is 3. The lowest BCUT2D eigenvalue weighted by Crippen LogP contribution is -2.41. The number of amides is 2. The van der Waals surface area contributed by atoms with E-state index in [-0.39, 0.29) is 16.1 Å². The Morgan fingerprint density at radius 1 is 0.812 bits per heavy atom. The fourth-order valence-corrected chi connectivity index (χ4v) is 4.38. The predicted octanol–water partition coefficient (Wildman–Crippen LogP) is 3.19. The first-order valence-corrected chi connectivity index (χ1v) is 11.1. The van der Waals surface area contributed by atoms with E-state index >= 15 is 0 Å². The molecule has 0 fully saturated rings. The summed E-state index contributed by atoms with van der Waals surface area (Å²) in [5, 5.41) is 0. The highest BCUT2D eigenvalue weighted by molar-refractivity contribution is 7.92. The van der Waals surface area contributed by atoms with Gasteiger partial charge in [-0.2, -0.15) is 0 Å². The molecule has 3 aromatic carbocycles. The van der Waals surface area contributed by atoms with Crippen molar-refractivity contribution in [3.8, 4) is 5.75 Å². The Morgan fingerprint density at radius 2 is 1.47 bits per heavy atom. The maximum atomic E-state index is 13.0. The van der Waals surface area contributed by atoms with Gasteiger partial charge in [0.25, 0.3) is 21.8 Å². The molecular formula is C23H23N3O5S. The van der Waals surface area contributed by atoms with Gasteiger partial charge in [-0.25, -0.2) is 8.42 Å². The molecule has 0 atom stereocenters. The van der Waals surface area contributed by atoms with Crippen molar-refractivity contribution in [2.75, 3.05) is 11.8 Å². The summed E-state index contributed by atoms with van der Waals surface area (Å²) in [6.45, 7) is 3.40. The van der Waals surface area contributed by atoms with Gasteiger partial charge < -0.3 is 4.74 Å². The van der Waals surface area contributed by atoms with Crippen molar-refractivity contribution in [1.29, 1.82) is 0 Å². The molecule has 0 bridgehead atoms. The van der Waals surface area contributed by atoms with Gasteiger partial charge in [0.05, 0.1) is 17.7 Å². The molecule has 3 N–H and O–H groups in total. The molecule has 0 spiro atoms. The zero-order chi connectivity index (χ0) is 23.3. The van der Waals surface area contributed by atoms with Gasteiger partial charge in [-0.15, -0.1) is 0 Å². The van der Waals surface area contributed by atoms with Gasteiger partial charge in [-0.3, -0.25) is 25.2 Å². The van der Waals surface area contributed by atoms with Crippen LogP contribution in [-0.4, -0.2) is 27.3 Å². The average Bonchev–Trinajstić information content (AvgIpc) is 2.77. The lowest BCUT2D eigenvalue weighted by Gasteiger charge is -2.14. The molecule has 0 aliphatic carbocycles. The van der Waals surface area contributed by atoms with Crippen molar-refractivity contribution in [2.45, 2.75) is 18.7 Å². The fraction of sp³-hybridized carbons (Fsp3) is 0.130. The van der Waals surface area contributed by atoms with Crippen LogP contribution < -0.4 is 20.3 Å². The topological polar surface area (TPSA) is 114 Å². The molecule has 9 heteroatoms. The number of nitrogens with one attached hydrogen (secondary N) is 3. The SMILES string of the molecule is COc1ccccc1NS(=O)(=O)c1cc(C(=O)NNC(=O)c2ccccc2C)ccc1C. The van der Waals surface area contributed by atoms with Crippen molar-refractivity contribution < 1.29 is 22.7 Å². The van der Waals surface area contributed by atoms with Gasteiger partial charge in [0.2, 0.25) is 0 Å². The van der Waals surface area contributed by atoms with Gasteiger partial charge >= 0.3 is 0 Å². The minimum absolute atomic E-state index is 0.0683. The molecule has 8 nitrogen and oxygen atoms in total. The number of rotatable bonds is 6. The molecule has 166 valence electrons. The zero-order valence-electron chi connectivity index (χ0n) is 17.8. The number of benzene rings is 3. The maximum absolute atomic E-state index is 13.0. The van der Waals surface area contributed by atoms with E-state index in [2.05, 4.69) is 15.6 Å². The fourth-order valence-electron chi connectivity index (χ4n) is 3.04. The number of carbonyl (C=O) groups is 2. The monoisotopic (exact) mass is 453 g/mol. The zero-order valence-corrected chi connectivity index (χ0v) is 18.6. The van der Waals surface area contributed by atoms with Gasteiger partial charge in [0.1, 0.15) is 5.75 Å². The highest BCUT2D eigenvalue weighted by atomic mass is 32.2. The Labute approximate surface area is 186 Å². The molecule has 0 radical (unpaired) electrons. The van der Waals surface area contributed by atoms with Crippen molar-refractivity contribution >= 4 is 27.5 Å². The molecule has 3 rings (SSSR count). The van der Waals surface area contributed by atoms with Crippen molar-refractivity contribution in [1.82, 2.24) is 10.9 Å². The predicted molar refractivity (Wildman–Crippen MR) is 121 cm³/mol. The number of ether oxygens (including phenoxy) is 1. The summed E-state index contributed by atoms with van der Waals surface area (Å²) < 4.78 is 33.6. The molecular weight excluding hydrogens is 430 g/mol. The van der Waals surface area contributed by atoms with Crippen LogP contribution in [0.15, 0.2) is 71.6 Å². The van der Waals surface area contributed by atoms with Crippen molar-refractivity contribution in [2.24, 2.45) is 0 Å². The summed E-state index contributed by atoms with van der Waals surface area (Å²) in [5.74, 6) is -0.767. The lowest BCUT2D eigenvalue weighted by atomic mass is 10.1. The number of carbonyl (C=O) groups excluding carboxylic acids is 2. The number of hydrazine groups is 1.